The first-order valence-electron chi connectivity index (χ1n) is 18.6. The van der Waals surface area contributed by atoms with Crippen LogP contribution in [0.15, 0.2) is 194 Å². The highest BCUT2D eigenvalue weighted by Crippen LogP contribution is 2.64. The molecule has 244 valence electrons. The number of fused-ring (bicyclic) bond motifs is 16. The zero-order valence-electron chi connectivity index (χ0n) is 29.0. The summed E-state index contributed by atoms with van der Waals surface area (Å²) in [6.45, 7) is 0. The van der Waals surface area contributed by atoms with Crippen molar-refractivity contribution in [3.05, 3.63) is 216 Å². The van der Waals surface area contributed by atoms with Crippen molar-refractivity contribution in [2.45, 2.75) is 5.41 Å². The fraction of sp³-hybridized carbons (Fsp3) is 0.0189. The lowest BCUT2D eigenvalue weighted by Crippen LogP contribution is -2.25. The molecule has 0 saturated carbocycles. The highest BCUT2D eigenvalue weighted by Gasteiger charge is 2.52. The third-order valence-corrected chi connectivity index (χ3v) is 12.3. The molecule has 2 aliphatic rings. The highest BCUT2D eigenvalue weighted by molar-refractivity contribution is 6.20. The van der Waals surface area contributed by atoms with E-state index in [2.05, 4.69) is 194 Å². The average Bonchev–Trinajstić information content (AvgIpc) is 3.70. The second-order valence-electron chi connectivity index (χ2n) is 14.7. The SMILES string of the molecule is c1ccc(-c2cccc3c4c(ccc23)C2(c3ccccc3-c3ccccc32)c2cc(-c3c5ccccc5cc5c3ccc3ccccc35)ccc2-4)cc1. The second-order valence-corrected chi connectivity index (χ2v) is 14.7. The number of hydrogen-bond acceptors (Lipinski definition) is 0. The molecule has 0 aromatic heterocycles. The van der Waals surface area contributed by atoms with Crippen LogP contribution >= 0.6 is 0 Å². The molecule has 12 rings (SSSR count). The van der Waals surface area contributed by atoms with Gasteiger partial charge in [0.25, 0.3) is 0 Å². The van der Waals surface area contributed by atoms with E-state index in [4.69, 9.17) is 0 Å². The van der Waals surface area contributed by atoms with Gasteiger partial charge in [-0.1, -0.05) is 182 Å². The summed E-state index contributed by atoms with van der Waals surface area (Å²) in [7, 11) is 0. The van der Waals surface area contributed by atoms with Gasteiger partial charge >= 0.3 is 0 Å². The summed E-state index contributed by atoms with van der Waals surface area (Å²) in [6.07, 6.45) is 0. The maximum absolute atomic E-state index is 2.55. The summed E-state index contributed by atoms with van der Waals surface area (Å²) >= 11 is 0. The van der Waals surface area contributed by atoms with Crippen LogP contribution < -0.4 is 0 Å². The Hall–Kier alpha value is -6.76. The smallest absolute Gasteiger partial charge is 0.0622 e. The van der Waals surface area contributed by atoms with Gasteiger partial charge in [-0.25, -0.2) is 0 Å². The molecule has 0 radical (unpaired) electrons. The molecule has 0 fully saturated rings. The molecule has 0 aliphatic heterocycles. The Morgan fingerprint density at radius 2 is 0.868 bits per heavy atom. The Morgan fingerprint density at radius 3 is 1.68 bits per heavy atom. The van der Waals surface area contributed by atoms with E-state index in [0.717, 1.165) is 0 Å². The van der Waals surface area contributed by atoms with E-state index in [1.165, 1.54) is 110 Å². The predicted molar refractivity (Wildman–Crippen MR) is 224 cm³/mol. The zero-order valence-corrected chi connectivity index (χ0v) is 29.0. The minimum absolute atomic E-state index is 0.447. The number of benzene rings is 10. The Bertz CT molecular complexity index is 3120. The third-order valence-electron chi connectivity index (χ3n) is 12.3. The van der Waals surface area contributed by atoms with E-state index >= 15 is 0 Å². The molecule has 0 nitrogen and oxygen atoms in total. The van der Waals surface area contributed by atoms with Crippen molar-refractivity contribution in [2.75, 3.05) is 0 Å². The van der Waals surface area contributed by atoms with Crippen LogP contribution in [-0.4, -0.2) is 0 Å². The molecule has 0 heterocycles. The highest BCUT2D eigenvalue weighted by atomic mass is 14.5. The van der Waals surface area contributed by atoms with Crippen LogP contribution in [0.2, 0.25) is 0 Å². The van der Waals surface area contributed by atoms with Crippen molar-refractivity contribution in [2.24, 2.45) is 0 Å². The van der Waals surface area contributed by atoms with E-state index < -0.39 is 5.41 Å². The Balaban J connectivity index is 1.23. The maximum Gasteiger partial charge on any atom is 0.0725 e. The van der Waals surface area contributed by atoms with Gasteiger partial charge in [-0.15, -0.1) is 0 Å². The molecule has 1 spiro atoms. The van der Waals surface area contributed by atoms with Crippen LogP contribution in [0.25, 0.3) is 87.6 Å². The van der Waals surface area contributed by atoms with Crippen molar-refractivity contribution >= 4 is 43.1 Å². The van der Waals surface area contributed by atoms with Gasteiger partial charge < -0.3 is 0 Å². The fourth-order valence-electron chi connectivity index (χ4n) is 10.1. The molecule has 0 unspecified atom stereocenters. The molecule has 0 bridgehead atoms. The van der Waals surface area contributed by atoms with Crippen molar-refractivity contribution in [3.63, 3.8) is 0 Å². The molecular weight excluding hydrogens is 637 g/mol. The summed E-state index contributed by atoms with van der Waals surface area (Å²) in [5.41, 5.74) is 15.4. The van der Waals surface area contributed by atoms with Crippen LogP contribution in [0.1, 0.15) is 22.3 Å². The molecule has 0 N–H and O–H groups in total. The van der Waals surface area contributed by atoms with Gasteiger partial charge in [0.15, 0.2) is 0 Å². The molecule has 0 saturated heterocycles. The third kappa shape index (κ3) is 3.75. The van der Waals surface area contributed by atoms with Crippen LogP contribution in [0, 0.1) is 0 Å². The van der Waals surface area contributed by atoms with Crippen molar-refractivity contribution in [3.8, 4) is 44.5 Å². The van der Waals surface area contributed by atoms with Gasteiger partial charge in [0.05, 0.1) is 5.41 Å². The van der Waals surface area contributed by atoms with Crippen molar-refractivity contribution in [1.82, 2.24) is 0 Å². The van der Waals surface area contributed by atoms with Gasteiger partial charge in [0.2, 0.25) is 0 Å². The monoisotopic (exact) mass is 668 g/mol. The van der Waals surface area contributed by atoms with E-state index in [1.807, 2.05) is 0 Å². The molecule has 10 aromatic carbocycles. The maximum atomic E-state index is 2.55. The zero-order chi connectivity index (χ0) is 34.7. The number of hydrogen-bond donors (Lipinski definition) is 0. The normalized spacial score (nSPS) is 13.4. The molecule has 0 amide bonds. The largest absolute Gasteiger partial charge is 0.0725 e. The summed E-state index contributed by atoms with van der Waals surface area (Å²) < 4.78 is 0. The predicted octanol–water partition coefficient (Wildman–Crippen LogP) is 14.0. The Kier molecular flexibility index (Phi) is 5.80. The first kappa shape index (κ1) is 28.9. The van der Waals surface area contributed by atoms with Crippen LogP contribution in [0.5, 0.6) is 0 Å². The molecule has 2 aliphatic carbocycles. The molecule has 0 atom stereocenters. The molecule has 10 aromatic rings. The van der Waals surface area contributed by atoms with Crippen LogP contribution in [0.3, 0.4) is 0 Å². The summed E-state index contributed by atoms with van der Waals surface area (Å²) in [5, 5.41) is 10.3. The minimum Gasteiger partial charge on any atom is -0.0622 e. The summed E-state index contributed by atoms with van der Waals surface area (Å²) in [4.78, 5) is 0. The van der Waals surface area contributed by atoms with Crippen LogP contribution in [0.4, 0.5) is 0 Å². The topological polar surface area (TPSA) is 0 Å². The standard InChI is InChI=1S/C53H32/c1-2-13-33(14-3-1)37-21-12-22-43-40(37)29-30-49-52(43)45-28-26-36(32-50(45)53(49)47-23-10-8-19-41(47)42-20-9-11-24-48(42)53)51-39-18-7-5-16-35(39)31-46-38-17-6-4-15-34(38)25-27-44(46)51/h1-32H. The van der Waals surface area contributed by atoms with Gasteiger partial charge in [-0.3, -0.25) is 0 Å². The van der Waals surface area contributed by atoms with Crippen LogP contribution in [-0.2, 0) is 5.41 Å². The summed E-state index contributed by atoms with van der Waals surface area (Å²) in [6, 6.07) is 72.9. The fourth-order valence-corrected chi connectivity index (χ4v) is 10.1. The van der Waals surface area contributed by atoms with Gasteiger partial charge in [0, 0.05) is 0 Å². The average molecular weight is 669 g/mol. The lowest BCUT2D eigenvalue weighted by molar-refractivity contribution is 0.795. The second kappa shape index (κ2) is 10.6. The summed E-state index contributed by atoms with van der Waals surface area (Å²) in [5.74, 6) is 0. The first-order chi connectivity index (χ1) is 26.3. The van der Waals surface area contributed by atoms with Gasteiger partial charge in [0.1, 0.15) is 0 Å². The number of rotatable bonds is 2. The molecule has 53 heavy (non-hydrogen) atoms. The van der Waals surface area contributed by atoms with E-state index in [-0.39, 0.29) is 0 Å². The minimum atomic E-state index is -0.447. The lowest BCUT2D eigenvalue weighted by atomic mass is 9.70. The van der Waals surface area contributed by atoms with E-state index in [9.17, 15) is 0 Å². The van der Waals surface area contributed by atoms with Gasteiger partial charge in [-0.2, -0.15) is 0 Å². The van der Waals surface area contributed by atoms with Gasteiger partial charge in [-0.05, 0) is 122 Å². The molecule has 0 heteroatoms. The molecular formula is C53H32. The Morgan fingerprint density at radius 1 is 0.245 bits per heavy atom. The van der Waals surface area contributed by atoms with Crippen molar-refractivity contribution in [1.29, 1.82) is 0 Å². The lowest BCUT2D eigenvalue weighted by Gasteiger charge is -2.31. The first-order valence-corrected chi connectivity index (χ1v) is 18.6. The van der Waals surface area contributed by atoms with Crippen molar-refractivity contribution < 1.29 is 0 Å². The Labute approximate surface area is 308 Å². The van der Waals surface area contributed by atoms with E-state index in [0.29, 0.717) is 0 Å². The quantitative estimate of drug-likeness (QED) is 0.127. The van der Waals surface area contributed by atoms with E-state index in [1.54, 1.807) is 0 Å².